The fourth-order valence-corrected chi connectivity index (χ4v) is 2.78. The average molecular weight is 342 g/mol. The molecule has 0 saturated heterocycles. The topological polar surface area (TPSA) is 17.1 Å². The standard InChI is InChI=1S/C13H11IOS/c1-8-7-12(16-9(8)2)13(15)10-3-5-11(14)6-4-10/h3-7H,1-2H3. The van der Waals surface area contributed by atoms with Gasteiger partial charge in [0.2, 0.25) is 5.78 Å². The van der Waals surface area contributed by atoms with E-state index in [1.165, 1.54) is 10.4 Å². The first kappa shape index (κ1) is 11.8. The van der Waals surface area contributed by atoms with Gasteiger partial charge in [0.1, 0.15) is 0 Å². The van der Waals surface area contributed by atoms with E-state index in [0.29, 0.717) is 0 Å². The van der Waals surface area contributed by atoms with Crippen molar-refractivity contribution in [1.82, 2.24) is 0 Å². The lowest BCUT2D eigenvalue weighted by molar-refractivity contribution is 0.104. The zero-order valence-corrected chi connectivity index (χ0v) is 12.1. The quantitative estimate of drug-likeness (QED) is 0.591. The van der Waals surface area contributed by atoms with Crippen molar-refractivity contribution in [1.29, 1.82) is 0 Å². The molecule has 1 heterocycles. The summed E-state index contributed by atoms with van der Waals surface area (Å²) in [6.07, 6.45) is 0. The van der Waals surface area contributed by atoms with Gasteiger partial charge < -0.3 is 0 Å². The summed E-state index contributed by atoms with van der Waals surface area (Å²) in [5.41, 5.74) is 1.96. The van der Waals surface area contributed by atoms with Crippen LogP contribution >= 0.6 is 33.9 Å². The Morgan fingerprint density at radius 3 is 2.31 bits per heavy atom. The molecule has 0 saturated carbocycles. The normalized spacial score (nSPS) is 10.4. The molecular weight excluding hydrogens is 331 g/mol. The molecule has 0 fully saturated rings. The molecule has 2 aromatic rings. The van der Waals surface area contributed by atoms with Crippen molar-refractivity contribution in [2.75, 3.05) is 0 Å². The van der Waals surface area contributed by atoms with Crippen LogP contribution in [0.4, 0.5) is 0 Å². The third kappa shape index (κ3) is 2.35. The molecule has 0 aliphatic carbocycles. The third-order valence-electron chi connectivity index (χ3n) is 2.50. The largest absolute Gasteiger partial charge is 0.288 e. The number of rotatable bonds is 2. The summed E-state index contributed by atoms with van der Waals surface area (Å²) in [5.74, 6) is 0.123. The van der Waals surface area contributed by atoms with E-state index in [9.17, 15) is 4.79 Å². The predicted octanol–water partition coefficient (Wildman–Crippen LogP) is 4.20. The zero-order valence-electron chi connectivity index (χ0n) is 9.08. The number of thiophene rings is 1. The molecule has 1 aromatic heterocycles. The van der Waals surface area contributed by atoms with Crippen molar-refractivity contribution in [2.45, 2.75) is 13.8 Å². The molecule has 0 aliphatic heterocycles. The van der Waals surface area contributed by atoms with Crippen LogP contribution in [0, 0.1) is 17.4 Å². The van der Waals surface area contributed by atoms with Crippen LogP contribution in [0.3, 0.4) is 0 Å². The second kappa shape index (κ2) is 4.67. The van der Waals surface area contributed by atoms with E-state index in [1.807, 2.05) is 44.2 Å². The van der Waals surface area contributed by atoms with Gasteiger partial charge in [0, 0.05) is 14.0 Å². The van der Waals surface area contributed by atoms with E-state index >= 15 is 0 Å². The lowest BCUT2D eigenvalue weighted by Gasteiger charge is -1.97. The molecule has 1 nitrogen and oxygen atoms in total. The van der Waals surface area contributed by atoms with Gasteiger partial charge in [-0.05, 0) is 72.3 Å². The minimum Gasteiger partial charge on any atom is -0.288 e. The van der Waals surface area contributed by atoms with E-state index < -0.39 is 0 Å². The Hall–Kier alpha value is -0.680. The van der Waals surface area contributed by atoms with Crippen molar-refractivity contribution in [3.8, 4) is 0 Å². The van der Waals surface area contributed by atoms with Crippen LogP contribution in [0.5, 0.6) is 0 Å². The molecule has 1 aromatic carbocycles. The smallest absolute Gasteiger partial charge is 0.202 e. The van der Waals surface area contributed by atoms with Crippen LogP contribution in [0.1, 0.15) is 25.7 Å². The maximum Gasteiger partial charge on any atom is 0.202 e. The molecule has 2 rings (SSSR count). The number of ketones is 1. The summed E-state index contributed by atoms with van der Waals surface area (Å²) in [4.78, 5) is 14.2. The Morgan fingerprint density at radius 2 is 1.81 bits per heavy atom. The van der Waals surface area contributed by atoms with E-state index in [4.69, 9.17) is 0 Å². The van der Waals surface area contributed by atoms with Crippen LogP contribution in [0.15, 0.2) is 30.3 Å². The van der Waals surface area contributed by atoms with Gasteiger partial charge in [-0.15, -0.1) is 11.3 Å². The molecule has 82 valence electrons. The number of carbonyl (C=O) groups excluding carboxylic acids is 1. The summed E-state index contributed by atoms with van der Waals surface area (Å²) in [5, 5.41) is 0. The van der Waals surface area contributed by atoms with E-state index in [1.54, 1.807) is 11.3 Å². The van der Waals surface area contributed by atoms with Gasteiger partial charge in [0.05, 0.1) is 4.88 Å². The van der Waals surface area contributed by atoms with Crippen molar-refractivity contribution in [2.24, 2.45) is 0 Å². The van der Waals surface area contributed by atoms with Crippen LogP contribution in [0.25, 0.3) is 0 Å². The first-order valence-corrected chi connectivity index (χ1v) is 6.85. The number of aryl methyl sites for hydroxylation is 2. The van der Waals surface area contributed by atoms with Crippen molar-refractivity contribution < 1.29 is 4.79 Å². The van der Waals surface area contributed by atoms with Gasteiger partial charge in [-0.25, -0.2) is 0 Å². The lowest BCUT2D eigenvalue weighted by atomic mass is 10.1. The highest BCUT2D eigenvalue weighted by Crippen LogP contribution is 2.23. The second-order valence-corrected chi connectivity index (χ2v) is 6.19. The van der Waals surface area contributed by atoms with E-state index in [0.717, 1.165) is 14.0 Å². The predicted molar refractivity (Wildman–Crippen MR) is 76.4 cm³/mol. The maximum atomic E-state index is 12.1. The molecule has 0 atom stereocenters. The summed E-state index contributed by atoms with van der Waals surface area (Å²) < 4.78 is 1.15. The van der Waals surface area contributed by atoms with Crippen LogP contribution < -0.4 is 0 Å². The fourth-order valence-electron chi connectivity index (χ4n) is 1.43. The minimum absolute atomic E-state index is 0.123. The fraction of sp³-hybridized carbons (Fsp3) is 0.154. The number of halogens is 1. The van der Waals surface area contributed by atoms with Gasteiger partial charge in [-0.3, -0.25) is 4.79 Å². The number of benzene rings is 1. The molecule has 16 heavy (non-hydrogen) atoms. The Bertz CT molecular complexity index is 506. The highest BCUT2D eigenvalue weighted by atomic mass is 127. The van der Waals surface area contributed by atoms with Crippen LogP contribution in [-0.2, 0) is 0 Å². The average Bonchev–Trinajstić information content (AvgIpc) is 2.59. The maximum absolute atomic E-state index is 12.1. The number of hydrogen-bond acceptors (Lipinski definition) is 2. The Balaban J connectivity index is 2.35. The van der Waals surface area contributed by atoms with Gasteiger partial charge in [-0.1, -0.05) is 0 Å². The molecule has 3 heteroatoms. The van der Waals surface area contributed by atoms with Crippen molar-refractivity contribution in [3.63, 3.8) is 0 Å². The molecule has 0 spiro atoms. The lowest BCUT2D eigenvalue weighted by Crippen LogP contribution is -1.97. The van der Waals surface area contributed by atoms with E-state index in [-0.39, 0.29) is 5.78 Å². The summed E-state index contributed by atoms with van der Waals surface area (Å²) in [7, 11) is 0. The van der Waals surface area contributed by atoms with E-state index in [2.05, 4.69) is 22.6 Å². The van der Waals surface area contributed by atoms with Gasteiger partial charge in [0.15, 0.2) is 0 Å². The Labute approximate surface area is 113 Å². The monoisotopic (exact) mass is 342 g/mol. The third-order valence-corrected chi connectivity index (χ3v) is 4.37. The Morgan fingerprint density at radius 1 is 1.19 bits per heavy atom. The Kier molecular flexibility index (Phi) is 3.44. The highest BCUT2D eigenvalue weighted by molar-refractivity contribution is 14.1. The number of hydrogen-bond donors (Lipinski definition) is 0. The highest BCUT2D eigenvalue weighted by Gasteiger charge is 2.12. The van der Waals surface area contributed by atoms with Crippen LogP contribution in [-0.4, -0.2) is 5.78 Å². The van der Waals surface area contributed by atoms with Gasteiger partial charge >= 0.3 is 0 Å². The summed E-state index contributed by atoms with van der Waals surface area (Å²) >= 11 is 3.81. The second-order valence-electron chi connectivity index (χ2n) is 3.69. The van der Waals surface area contributed by atoms with Gasteiger partial charge in [-0.2, -0.15) is 0 Å². The van der Waals surface area contributed by atoms with Crippen LogP contribution in [0.2, 0.25) is 0 Å². The first-order valence-electron chi connectivity index (χ1n) is 4.95. The SMILES string of the molecule is Cc1cc(C(=O)c2ccc(I)cc2)sc1C. The zero-order chi connectivity index (χ0) is 11.7. The molecule has 0 unspecified atom stereocenters. The van der Waals surface area contributed by atoms with Crippen molar-refractivity contribution in [3.05, 3.63) is 54.8 Å². The first-order chi connectivity index (χ1) is 7.58. The molecule has 0 aliphatic rings. The molecule has 0 amide bonds. The summed E-state index contributed by atoms with van der Waals surface area (Å²) in [6, 6.07) is 9.66. The summed E-state index contributed by atoms with van der Waals surface area (Å²) in [6.45, 7) is 4.08. The number of carbonyl (C=O) groups is 1. The molecule has 0 bridgehead atoms. The molecule has 0 radical (unpaired) electrons. The minimum atomic E-state index is 0.123. The molecule has 0 N–H and O–H groups in total. The molecular formula is C13H11IOS. The van der Waals surface area contributed by atoms with Crippen molar-refractivity contribution >= 4 is 39.7 Å². The van der Waals surface area contributed by atoms with Gasteiger partial charge in [0.25, 0.3) is 0 Å².